The SMILES string of the molecule is COCCCOc1ccccc1NC(=O)[C@@H](C)O[C@@H]1CN(C(=O)OC(C)(C)C)CCC1c1ccc(OCCCOCc2ccccc2OC)cc1. The molecule has 1 heterocycles. The van der Waals surface area contributed by atoms with E-state index in [1.165, 1.54) is 0 Å². The highest BCUT2D eigenvalue weighted by atomic mass is 16.6. The lowest BCUT2D eigenvalue weighted by Crippen LogP contribution is -2.50. The van der Waals surface area contributed by atoms with E-state index in [2.05, 4.69) is 5.32 Å². The van der Waals surface area contributed by atoms with Crippen LogP contribution in [0.1, 0.15) is 64.0 Å². The number of benzene rings is 3. The molecular weight excluding hydrogens is 652 g/mol. The zero-order chi connectivity index (χ0) is 36.6. The van der Waals surface area contributed by atoms with Crippen molar-refractivity contribution in [2.75, 3.05) is 59.1 Å². The maximum Gasteiger partial charge on any atom is 0.410 e. The Morgan fingerprint density at radius 1 is 0.863 bits per heavy atom. The summed E-state index contributed by atoms with van der Waals surface area (Å²) in [5, 5.41) is 2.96. The second kappa shape index (κ2) is 19.9. The maximum atomic E-state index is 13.4. The van der Waals surface area contributed by atoms with E-state index in [-0.39, 0.29) is 18.4 Å². The summed E-state index contributed by atoms with van der Waals surface area (Å²) >= 11 is 0. The van der Waals surface area contributed by atoms with Crippen molar-refractivity contribution in [2.45, 2.75) is 77.3 Å². The molecule has 278 valence electrons. The first kappa shape index (κ1) is 39.5. The van der Waals surface area contributed by atoms with Crippen LogP contribution in [-0.2, 0) is 30.3 Å². The highest BCUT2D eigenvalue weighted by Crippen LogP contribution is 2.33. The fraction of sp³-hybridized carbons (Fsp3) is 0.500. The lowest BCUT2D eigenvalue weighted by atomic mass is 9.87. The summed E-state index contributed by atoms with van der Waals surface area (Å²) in [5.74, 6) is 1.77. The van der Waals surface area contributed by atoms with Crippen molar-refractivity contribution in [1.82, 2.24) is 4.90 Å². The summed E-state index contributed by atoms with van der Waals surface area (Å²) in [7, 11) is 3.30. The fourth-order valence-corrected chi connectivity index (χ4v) is 5.73. The van der Waals surface area contributed by atoms with E-state index >= 15 is 0 Å². The van der Waals surface area contributed by atoms with E-state index in [1.54, 1.807) is 32.1 Å². The van der Waals surface area contributed by atoms with E-state index < -0.39 is 23.9 Å². The number of methoxy groups -OCH3 is 2. The van der Waals surface area contributed by atoms with Crippen LogP contribution in [0.3, 0.4) is 0 Å². The number of hydrogen-bond donors (Lipinski definition) is 1. The second-order valence-electron chi connectivity index (χ2n) is 13.5. The molecule has 1 fully saturated rings. The predicted molar refractivity (Wildman–Crippen MR) is 196 cm³/mol. The smallest absolute Gasteiger partial charge is 0.410 e. The molecule has 1 aliphatic heterocycles. The largest absolute Gasteiger partial charge is 0.496 e. The van der Waals surface area contributed by atoms with Crippen LogP contribution < -0.4 is 19.5 Å². The Kier molecular flexibility index (Phi) is 15.4. The van der Waals surface area contributed by atoms with Gasteiger partial charge in [0.05, 0.1) is 51.9 Å². The predicted octanol–water partition coefficient (Wildman–Crippen LogP) is 7.23. The standard InChI is InChI=1S/C40H54N2O9/c1-29(38(43)41-34-14-8-10-16-36(34)49-26-11-23-45-5)50-37-27-42(39(44)51-40(2,3)4)22-21-33(37)30-17-19-32(20-18-30)48-25-12-24-47-28-31-13-7-9-15-35(31)46-6/h7-10,13-20,29,33,37H,11-12,21-28H2,1-6H3,(H,41,43)/t29-,33?,37-/m1/s1. The maximum absolute atomic E-state index is 13.4. The Bertz CT molecular complexity index is 1510. The van der Waals surface area contributed by atoms with Crippen molar-refractivity contribution >= 4 is 17.7 Å². The number of para-hydroxylation sites is 3. The molecule has 1 saturated heterocycles. The fourth-order valence-electron chi connectivity index (χ4n) is 5.73. The topological polar surface area (TPSA) is 114 Å². The molecule has 0 aromatic heterocycles. The van der Waals surface area contributed by atoms with E-state index in [4.69, 9.17) is 33.2 Å². The zero-order valence-electron chi connectivity index (χ0n) is 30.9. The van der Waals surface area contributed by atoms with Crippen LogP contribution in [0.25, 0.3) is 0 Å². The molecule has 4 rings (SSSR count). The van der Waals surface area contributed by atoms with Crippen LogP contribution in [0.5, 0.6) is 17.2 Å². The summed E-state index contributed by atoms with van der Waals surface area (Å²) in [6.07, 6.45) is 0.427. The van der Waals surface area contributed by atoms with Gasteiger partial charge in [-0.25, -0.2) is 4.79 Å². The lowest BCUT2D eigenvalue weighted by molar-refractivity contribution is -0.133. The van der Waals surface area contributed by atoms with Gasteiger partial charge in [-0.05, 0) is 70.0 Å². The van der Waals surface area contributed by atoms with Crippen LogP contribution in [0.15, 0.2) is 72.8 Å². The van der Waals surface area contributed by atoms with Crippen molar-refractivity contribution in [1.29, 1.82) is 0 Å². The van der Waals surface area contributed by atoms with Gasteiger partial charge in [0.15, 0.2) is 0 Å². The van der Waals surface area contributed by atoms with E-state index in [1.807, 2.05) is 87.5 Å². The molecule has 0 saturated carbocycles. The number of nitrogens with one attached hydrogen (secondary N) is 1. The molecule has 1 unspecified atom stereocenters. The molecular formula is C40H54N2O9. The Morgan fingerprint density at radius 3 is 2.27 bits per heavy atom. The molecule has 0 aliphatic carbocycles. The molecule has 0 bridgehead atoms. The van der Waals surface area contributed by atoms with Gasteiger partial charge in [0.2, 0.25) is 0 Å². The van der Waals surface area contributed by atoms with Crippen LogP contribution in [0.2, 0.25) is 0 Å². The molecule has 11 nitrogen and oxygen atoms in total. The average Bonchev–Trinajstić information content (AvgIpc) is 3.12. The first-order chi connectivity index (χ1) is 24.6. The minimum absolute atomic E-state index is 0.0623. The van der Waals surface area contributed by atoms with Gasteiger partial charge < -0.3 is 43.4 Å². The first-order valence-corrected chi connectivity index (χ1v) is 17.7. The number of likely N-dealkylation sites (tertiary alicyclic amines) is 1. The average molecular weight is 707 g/mol. The zero-order valence-corrected chi connectivity index (χ0v) is 30.9. The van der Waals surface area contributed by atoms with Gasteiger partial charge in [-0.1, -0.05) is 42.5 Å². The molecule has 3 atom stereocenters. The number of nitrogens with zero attached hydrogens (tertiary/aromatic N) is 1. The van der Waals surface area contributed by atoms with E-state index in [0.29, 0.717) is 57.4 Å². The van der Waals surface area contributed by atoms with Crippen LogP contribution >= 0.6 is 0 Å². The number of rotatable bonds is 18. The Hall–Kier alpha value is -4.32. The Balaban J connectivity index is 1.35. The number of carbonyl (C=O) groups excluding carboxylic acids is 2. The number of piperidine rings is 1. The van der Waals surface area contributed by atoms with Crippen LogP contribution in [0, 0.1) is 0 Å². The molecule has 0 spiro atoms. The molecule has 3 aromatic rings. The summed E-state index contributed by atoms with van der Waals surface area (Å²) < 4.78 is 40.3. The second-order valence-corrected chi connectivity index (χ2v) is 13.5. The highest BCUT2D eigenvalue weighted by molar-refractivity contribution is 5.95. The van der Waals surface area contributed by atoms with Gasteiger partial charge in [0.1, 0.15) is 29.0 Å². The molecule has 1 aliphatic rings. The molecule has 3 aromatic carbocycles. The van der Waals surface area contributed by atoms with Gasteiger partial charge >= 0.3 is 6.09 Å². The van der Waals surface area contributed by atoms with Crippen molar-refractivity contribution in [3.63, 3.8) is 0 Å². The van der Waals surface area contributed by atoms with Crippen molar-refractivity contribution in [3.05, 3.63) is 83.9 Å². The molecule has 11 heteroatoms. The van der Waals surface area contributed by atoms with E-state index in [9.17, 15) is 9.59 Å². The normalized spacial score (nSPS) is 16.6. The first-order valence-electron chi connectivity index (χ1n) is 17.7. The Morgan fingerprint density at radius 2 is 1.55 bits per heavy atom. The summed E-state index contributed by atoms with van der Waals surface area (Å²) in [6.45, 7) is 10.6. The lowest BCUT2D eigenvalue weighted by Gasteiger charge is -2.40. The molecule has 2 amide bonds. The van der Waals surface area contributed by atoms with Gasteiger partial charge in [-0.15, -0.1) is 0 Å². The minimum Gasteiger partial charge on any atom is -0.496 e. The van der Waals surface area contributed by atoms with Crippen LogP contribution in [0.4, 0.5) is 10.5 Å². The monoisotopic (exact) mass is 706 g/mol. The van der Waals surface area contributed by atoms with Crippen molar-refractivity contribution in [3.8, 4) is 17.2 Å². The van der Waals surface area contributed by atoms with Crippen LogP contribution in [-0.4, -0.2) is 88.4 Å². The third-order valence-corrected chi connectivity index (χ3v) is 8.31. The van der Waals surface area contributed by atoms with Crippen molar-refractivity contribution < 1.29 is 42.7 Å². The highest BCUT2D eigenvalue weighted by Gasteiger charge is 2.37. The quantitative estimate of drug-likeness (QED) is 0.137. The Labute approximate surface area is 302 Å². The van der Waals surface area contributed by atoms with Gasteiger partial charge in [0.25, 0.3) is 5.91 Å². The number of anilines is 1. The molecule has 0 radical (unpaired) electrons. The number of amides is 2. The van der Waals surface area contributed by atoms with Gasteiger partial charge in [-0.2, -0.15) is 0 Å². The number of hydrogen-bond acceptors (Lipinski definition) is 9. The summed E-state index contributed by atoms with van der Waals surface area (Å²) in [6, 6.07) is 23.1. The van der Waals surface area contributed by atoms with Crippen molar-refractivity contribution in [2.24, 2.45) is 0 Å². The third-order valence-electron chi connectivity index (χ3n) is 8.31. The number of carbonyl (C=O) groups is 2. The summed E-state index contributed by atoms with van der Waals surface area (Å²) in [4.78, 5) is 28.1. The number of ether oxygens (including phenoxy) is 7. The summed E-state index contributed by atoms with van der Waals surface area (Å²) in [5.41, 5.74) is 1.98. The van der Waals surface area contributed by atoms with Gasteiger partial charge in [0, 0.05) is 44.6 Å². The molecule has 51 heavy (non-hydrogen) atoms. The minimum atomic E-state index is -0.814. The third kappa shape index (κ3) is 12.7. The van der Waals surface area contributed by atoms with Gasteiger partial charge in [-0.3, -0.25) is 4.79 Å². The molecule has 1 N–H and O–H groups in total. The van der Waals surface area contributed by atoms with E-state index in [0.717, 1.165) is 35.5 Å².